The highest BCUT2D eigenvalue weighted by Gasteiger charge is 2.14. The van der Waals surface area contributed by atoms with Gasteiger partial charge in [-0.05, 0) is 43.0 Å². The van der Waals surface area contributed by atoms with Crippen molar-refractivity contribution in [3.63, 3.8) is 0 Å². The van der Waals surface area contributed by atoms with Crippen molar-refractivity contribution in [2.24, 2.45) is 5.73 Å². The Bertz CT molecular complexity index is 511. The van der Waals surface area contributed by atoms with Crippen molar-refractivity contribution in [2.75, 3.05) is 23.9 Å². The molecule has 1 aromatic rings. The summed E-state index contributed by atoms with van der Waals surface area (Å²) in [4.78, 5) is 23.4. The Balaban J connectivity index is 2.42. The van der Waals surface area contributed by atoms with Gasteiger partial charge in [0.15, 0.2) is 0 Å². The SMILES string of the molecule is CSCC[C@H](N)C(=O)NCC(=O)Nc1ccc(C)cc1Cl. The minimum absolute atomic E-state index is 0.129. The van der Waals surface area contributed by atoms with Gasteiger partial charge < -0.3 is 16.4 Å². The number of nitrogens with one attached hydrogen (secondary N) is 2. The highest BCUT2D eigenvalue weighted by Crippen LogP contribution is 2.22. The monoisotopic (exact) mass is 329 g/mol. The van der Waals surface area contributed by atoms with Crippen LogP contribution >= 0.6 is 23.4 Å². The van der Waals surface area contributed by atoms with Crippen LogP contribution in [0.2, 0.25) is 5.02 Å². The Morgan fingerprint density at radius 3 is 2.76 bits per heavy atom. The summed E-state index contributed by atoms with van der Waals surface area (Å²) in [6.45, 7) is 1.78. The van der Waals surface area contributed by atoms with Gasteiger partial charge in [-0.15, -0.1) is 0 Å². The summed E-state index contributed by atoms with van der Waals surface area (Å²) in [6, 6.07) is 4.74. The molecule has 0 saturated carbocycles. The molecule has 0 aliphatic carbocycles. The van der Waals surface area contributed by atoms with E-state index >= 15 is 0 Å². The smallest absolute Gasteiger partial charge is 0.243 e. The van der Waals surface area contributed by atoms with E-state index in [1.165, 1.54) is 0 Å². The molecule has 5 nitrogen and oxygen atoms in total. The van der Waals surface area contributed by atoms with Crippen LogP contribution in [0.5, 0.6) is 0 Å². The van der Waals surface area contributed by atoms with Crippen molar-refractivity contribution in [3.8, 4) is 0 Å². The van der Waals surface area contributed by atoms with Crippen LogP contribution in [-0.4, -0.2) is 36.4 Å². The summed E-state index contributed by atoms with van der Waals surface area (Å²) in [5.74, 6) is 0.139. The quantitative estimate of drug-likeness (QED) is 0.712. The van der Waals surface area contributed by atoms with E-state index in [4.69, 9.17) is 17.3 Å². The van der Waals surface area contributed by atoms with Crippen molar-refractivity contribution in [3.05, 3.63) is 28.8 Å². The maximum Gasteiger partial charge on any atom is 0.243 e. The van der Waals surface area contributed by atoms with Crippen molar-refractivity contribution in [1.82, 2.24) is 5.32 Å². The number of carbonyl (C=O) groups excluding carboxylic acids is 2. The van der Waals surface area contributed by atoms with Crippen LogP contribution in [0.15, 0.2) is 18.2 Å². The minimum atomic E-state index is -0.590. The third-order valence-corrected chi connectivity index (χ3v) is 3.75. The fraction of sp³-hybridized carbons (Fsp3) is 0.429. The van der Waals surface area contributed by atoms with Crippen LogP contribution in [0.3, 0.4) is 0 Å². The molecule has 1 atom stereocenters. The first-order valence-electron chi connectivity index (χ1n) is 6.52. The predicted molar refractivity (Wildman–Crippen MR) is 88.8 cm³/mol. The first kappa shape index (κ1) is 17.8. The molecular weight excluding hydrogens is 310 g/mol. The molecule has 0 heterocycles. The number of amides is 2. The van der Waals surface area contributed by atoms with Gasteiger partial charge in [0, 0.05) is 0 Å². The summed E-state index contributed by atoms with van der Waals surface area (Å²) < 4.78 is 0. The Morgan fingerprint density at radius 1 is 1.43 bits per heavy atom. The van der Waals surface area contributed by atoms with Crippen LogP contribution in [0, 0.1) is 6.92 Å². The number of hydrogen-bond acceptors (Lipinski definition) is 4. The van der Waals surface area contributed by atoms with Gasteiger partial charge in [0.25, 0.3) is 0 Å². The number of nitrogens with two attached hydrogens (primary N) is 1. The summed E-state index contributed by atoms with van der Waals surface area (Å²) in [6.07, 6.45) is 2.53. The second kappa shape index (κ2) is 8.92. The number of aryl methyl sites for hydroxylation is 1. The highest BCUT2D eigenvalue weighted by molar-refractivity contribution is 7.98. The largest absolute Gasteiger partial charge is 0.346 e. The van der Waals surface area contributed by atoms with Crippen molar-refractivity contribution in [1.29, 1.82) is 0 Å². The number of benzene rings is 1. The van der Waals surface area contributed by atoms with Crippen molar-refractivity contribution in [2.45, 2.75) is 19.4 Å². The number of hydrogen-bond donors (Lipinski definition) is 3. The molecular formula is C14H20ClN3O2S. The van der Waals surface area contributed by atoms with E-state index in [9.17, 15) is 9.59 Å². The lowest BCUT2D eigenvalue weighted by atomic mass is 10.2. The van der Waals surface area contributed by atoms with Gasteiger partial charge in [0.1, 0.15) is 0 Å². The molecule has 4 N–H and O–H groups in total. The van der Waals surface area contributed by atoms with Gasteiger partial charge >= 0.3 is 0 Å². The van der Waals surface area contributed by atoms with Crippen molar-refractivity contribution >= 4 is 40.9 Å². The molecule has 0 saturated heterocycles. The average molecular weight is 330 g/mol. The Kier molecular flexibility index (Phi) is 7.56. The number of thioether (sulfide) groups is 1. The molecule has 0 spiro atoms. The lowest BCUT2D eigenvalue weighted by Gasteiger charge is -2.12. The van der Waals surface area contributed by atoms with Gasteiger partial charge in [-0.2, -0.15) is 11.8 Å². The molecule has 0 fully saturated rings. The molecule has 0 aromatic heterocycles. The first-order chi connectivity index (χ1) is 9.93. The molecule has 1 aromatic carbocycles. The van der Waals surface area contributed by atoms with Crippen LogP contribution in [0.1, 0.15) is 12.0 Å². The zero-order chi connectivity index (χ0) is 15.8. The van der Waals surface area contributed by atoms with E-state index in [-0.39, 0.29) is 18.4 Å². The van der Waals surface area contributed by atoms with E-state index in [1.54, 1.807) is 23.9 Å². The van der Waals surface area contributed by atoms with Gasteiger partial charge in [-0.3, -0.25) is 9.59 Å². The molecule has 2 amide bonds. The molecule has 0 aliphatic rings. The zero-order valence-electron chi connectivity index (χ0n) is 12.1. The number of anilines is 1. The fourth-order valence-corrected chi connectivity index (χ4v) is 2.36. The summed E-state index contributed by atoms with van der Waals surface area (Å²) in [5.41, 5.74) is 7.23. The van der Waals surface area contributed by atoms with Crippen LogP contribution in [0.4, 0.5) is 5.69 Å². The van der Waals surface area contributed by atoms with Gasteiger partial charge in [-0.1, -0.05) is 17.7 Å². The fourth-order valence-electron chi connectivity index (χ4n) is 1.59. The third-order valence-electron chi connectivity index (χ3n) is 2.79. The van der Waals surface area contributed by atoms with Crippen LogP contribution in [-0.2, 0) is 9.59 Å². The Labute approximate surface area is 134 Å². The lowest BCUT2D eigenvalue weighted by Crippen LogP contribution is -2.43. The highest BCUT2D eigenvalue weighted by atomic mass is 35.5. The summed E-state index contributed by atoms with van der Waals surface area (Å²) in [7, 11) is 0. The zero-order valence-corrected chi connectivity index (χ0v) is 13.7. The third kappa shape index (κ3) is 6.37. The average Bonchev–Trinajstić information content (AvgIpc) is 2.45. The van der Waals surface area contributed by atoms with Crippen LogP contribution < -0.4 is 16.4 Å². The number of halogens is 1. The van der Waals surface area contributed by atoms with Crippen molar-refractivity contribution < 1.29 is 9.59 Å². The summed E-state index contributed by atoms with van der Waals surface area (Å²) >= 11 is 7.64. The lowest BCUT2D eigenvalue weighted by molar-refractivity contribution is -0.125. The normalized spacial score (nSPS) is 11.8. The van der Waals surface area contributed by atoms with E-state index < -0.39 is 6.04 Å². The van der Waals surface area contributed by atoms with E-state index in [2.05, 4.69) is 10.6 Å². The molecule has 7 heteroatoms. The molecule has 1 rings (SSSR count). The molecule has 0 unspecified atom stereocenters. The van der Waals surface area contributed by atoms with Gasteiger partial charge in [0.2, 0.25) is 11.8 Å². The van der Waals surface area contributed by atoms with E-state index in [0.717, 1.165) is 11.3 Å². The van der Waals surface area contributed by atoms with E-state index in [1.807, 2.05) is 19.2 Å². The van der Waals surface area contributed by atoms with Gasteiger partial charge in [0.05, 0.1) is 23.3 Å². The molecule has 0 aliphatic heterocycles. The van der Waals surface area contributed by atoms with Crippen LogP contribution in [0.25, 0.3) is 0 Å². The maximum absolute atomic E-state index is 11.8. The standard InChI is InChI=1S/C14H20ClN3O2S/c1-9-3-4-12(10(15)7-9)18-13(19)8-17-14(20)11(16)5-6-21-2/h3-4,7,11H,5-6,8,16H2,1-2H3,(H,17,20)(H,18,19)/t11-/m0/s1. The number of rotatable bonds is 7. The predicted octanol–water partition coefficient (Wildman–Crippen LogP) is 1.78. The topological polar surface area (TPSA) is 84.2 Å². The molecule has 0 bridgehead atoms. The molecule has 0 radical (unpaired) electrons. The minimum Gasteiger partial charge on any atom is -0.346 e. The maximum atomic E-state index is 11.8. The second-order valence-corrected chi connectivity index (χ2v) is 6.03. The Hall–Kier alpha value is -1.24. The van der Waals surface area contributed by atoms with E-state index in [0.29, 0.717) is 17.1 Å². The number of carbonyl (C=O) groups is 2. The second-order valence-electron chi connectivity index (χ2n) is 4.64. The Morgan fingerprint density at radius 2 is 2.14 bits per heavy atom. The van der Waals surface area contributed by atoms with Gasteiger partial charge in [-0.25, -0.2) is 0 Å². The summed E-state index contributed by atoms with van der Waals surface area (Å²) in [5, 5.41) is 5.62. The first-order valence-corrected chi connectivity index (χ1v) is 8.29. The molecule has 21 heavy (non-hydrogen) atoms. The molecule has 116 valence electrons.